The molecule has 0 fully saturated rings. The molecule has 0 aliphatic carbocycles. The number of hydrogen-bond acceptors (Lipinski definition) is 4. The first-order valence-corrected chi connectivity index (χ1v) is 5.51. The molecular weight excluding hydrogens is 301 g/mol. The molecule has 0 aliphatic rings. The number of halogens is 1. The highest BCUT2D eigenvalue weighted by atomic mass is 127. The summed E-state index contributed by atoms with van der Waals surface area (Å²) in [6.45, 7) is 3.69. The predicted octanol–water partition coefficient (Wildman–Crippen LogP) is 1.37. The van der Waals surface area contributed by atoms with E-state index in [9.17, 15) is 4.79 Å². The molecule has 0 spiro atoms. The lowest BCUT2D eigenvalue weighted by Crippen LogP contribution is -2.19. The Kier molecular flexibility index (Phi) is 2.11. The molecule has 0 saturated carbocycles. The molecule has 2 rings (SSSR count). The monoisotopic (exact) mass is 307 g/mol. The van der Waals surface area contributed by atoms with Crippen molar-refractivity contribution >= 4 is 38.9 Å². The minimum atomic E-state index is -0.0764. The van der Waals surface area contributed by atoms with Gasteiger partial charge in [0.2, 0.25) is 4.96 Å². The van der Waals surface area contributed by atoms with Crippen LogP contribution in [-0.2, 0) is 0 Å². The normalized spacial score (nSPS) is 11.0. The minimum Gasteiger partial charge on any atom is -0.266 e. The van der Waals surface area contributed by atoms with Gasteiger partial charge in [0.1, 0.15) is 8.58 Å². The first kappa shape index (κ1) is 9.07. The fourth-order valence-electron chi connectivity index (χ4n) is 1.02. The van der Waals surface area contributed by atoms with E-state index in [0.29, 0.717) is 8.53 Å². The van der Waals surface area contributed by atoms with E-state index in [1.54, 1.807) is 0 Å². The summed E-state index contributed by atoms with van der Waals surface area (Å²) >= 11 is 3.42. The molecule has 2 aromatic heterocycles. The Balaban J connectivity index is 3.01. The first-order valence-electron chi connectivity index (χ1n) is 3.62. The largest absolute Gasteiger partial charge is 0.288 e. The summed E-state index contributed by atoms with van der Waals surface area (Å²) in [4.78, 5) is 16.6. The lowest BCUT2D eigenvalue weighted by Gasteiger charge is -1.95. The van der Waals surface area contributed by atoms with Crippen LogP contribution in [0.4, 0.5) is 0 Å². The van der Waals surface area contributed by atoms with E-state index >= 15 is 0 Å². The standard InChI is InChI=1S/C7H6IN3OS/c1-3-5(8)6(12)11-7(9-3)13-4(2)10-11/h1-2H3. The van der Waals surface area contributed by atoms with Crippen molar-refractivity contribution in [3.05, 3.63) is 24.6 Å². The van der Waals surface area contributed by atoms with Crippen LogP contribution in [0.3, 0.4) is 0 Å². The summed E-state index contributed by atoms with van der Waals surface area (Å²) in [6, 6.07) is 0. The molecule has 0 saturated heterocycles. The number of aromatic nitrogens is 3. The predicted molar refractivity (Wildman–Crippen MR) is 59.3 cm³/mol. The van der Waals surface area contributed by atoms with Crippen molar-refractivity contribution in [3.63, 3.8) is 0 Å². The Morgan fingerprint density at radius 2 is 2.15 bits per heavy atom. The van der Waals surface area contributed by atoms with Crippen molar-refractivity contribution in [1.82, 2.24) is 14.6 Å². The topological polar surface area (TPSA) is 47.3 Å². The van der Waals surface area contributed by atoms with Crippen LogP contribution in [0.5, 0.6) is 0 Å². The highest BCUT2D eigenvalue weighted by Crippen LogP contribution is 2.12. The van der Waals surface area contributed by atoms with E-state index < -0.39 is 0 Å². The van der Waals surface area contributed by atoms with Gasteiger partial charge in [0, 0.05) is 0 Å². The summed E-state index contributed by atoms with van der Waals surface area (Å²) in [6.07, 6.45) is 0. The molecule has 0 radical (unpaired) electrons. The van der Waals surface area contributed by atoms with Crippen LogP contribution in [0.25, 0.3) is 4.96 Å². The molecule has 2 aromatic rings. The van der Waals surface area contributed by atoms with Gasteiger partial charge in [-0.3, -0.25) is 4.79 Å². The van der Waals surface area contributed by atoms with Crippen molar-refractivity contribution in [2.24, 2.45) is 0 Å². The molecule has 68 valence electrons. The number of rotatable bonds is 0. The molecule has 6 heteroatoms. The van der Waals surface area contributed by atoms with E-state index in [1.165, 1.54) is 15.9 Å². The first-order chi connectivity index (χ1) is 6.09. The summed E-state index contributed by atoms with van der Waals surface area (Å²) in [5.74, 6) is 0. The lowest BCUT2D eigenvalue weighted by molar-refractivity contribution is 0.864. The van der Waals surface area contributed by atoms with Gasteiger partial charge in [-0.1, -0.05) is 11.3 Å². The van der Waals surface area contributed by atoms with E-state index in [0.717, 1.165) is 10.7 Å². The van der Waals surface area contributed by atoms with Crippen LogP contribution < -0.4 is 5.56 Å². The van der Waals surface area contributed by atoms with Crippen LogP contribution in [0.1, 0.15) is 10.7 Å². The fraction of sp³-hybridized carbons (Fsp3) is 0.286. The van der Waals surface area contributed by atoms with Crippen LogP contribution in [-0.4, -0.2) is 14.6 Å². The van der Waals surface area contributed by atoms with Crippen molar-refractivity contribution in [1.29, 1.82) is 0 Å². The number of fused-ring (bicyclic) bond motifs is 1. The fourth-order valence-corrected chi connectivity index (χ4v) is 2.15. The van der Waals surface area contributed by atoms with E-state index in [4.69, 9.17) is 0 Å². The Bertz CT molecular complexity index is 530. The van der Waals surface area contributed by atoms with Gasteiger partial charge >= 0.3 is 0 Å². The van der Waals surface area contributed by atoms with Gasteiger partial charge in [-0.2, -0.15) is 9.61 Å². The molecule has 13 heavy (non-hydrogen) atoms. The maximum Gasteiger partial charge on any atom is 0.288 e. The second-order valence-corrected chi connectivity index (χ2v) is 4.87. The molecule has 0 aromatic carbocycles. The molecular formula is C7H6IN3OS. The smallest absolute Gasteiger partial charge is 0.266 e. The summed E-state index contributed by atoms with van der Waals surface area (Å²) < 4.78 is 2.00. The second-order valence-electron chi connectivity index (χ2n) is 2.63. The van der Waals surface area contributed by atoms with Crippen LogP contribution >= 0.6 is 33.9 Å². The Morgan fingerprint density at radius 3 is 2.85 bits per heavy atom. The Labute approximate surface area is 91.8 Å². The zero-order valence-electron chi connectivity index (χ0n) is 7.04. The molecule has 0 amide bonds. The van der Waals surface area contributed by atoms with Gasteiger partial charge in [-0.25, -0.2) is 4.98 Å². The highest BCUT2D eigenvalue weighted by molar-refractivity contribution is 14.1. The SMILES string of the molecule is Cc1nn2c(=O)c(I)c(C)nc2s1. The molecule has 4 nitrogen and oxygen atoms in total. The van der Waals surface area contributed by atoms with Gasteiger partial charge in [0.15, 0.2) is 0 Å². The Hall–Kier alpha value is -0.500. The quantitative estimate of drug-likeness (QED) is 0.691. The van der Waals surface area contributed by atoms with Crippen molar-refractivity contribution in [2.75, 3.05) is 0 Å². The maximum absolute atomic E-state index is 11.6. The van der Waals surface area contributed by atoms with Crippen LogP contribution in [0.2, 0.25) is 0 Å². The third kappa shape index (κ3) is 1.37. The van der Waals surface area contributed by atoms with Gasteiger partial charge in [-0.15, -0.1) is 0 Å². The zero-order valence-corrected chi connectivity index (χ0v) is 10.0. The average Bonchev–Trinajstić information content (AvgIpc) is 2.42. The van der Waals surface area contributed by atoms with E-state index in [1.807, 2.05) is 36.4 Å². The van der Waals surface area contributed by atoms with Crippen LogP contribution in [0, 0.1) is 17.4 Å². The number of aryl methyl sites for hydroxylation is 2. The zero-order chi connectivity index (χ0) is 9.59. The van der Waals surface area contributed by atoms with Crippen LogP contribution in [0.15, 0.2) is 4.79 Å². The van der Waals surface area contributed by atoms with Crippen molar-refractivity contribution < 1.29 is 0 Å². The molecule has 2 heterocycles. The number of nitrogens with zero attached hydrogens (tertiary/aromatic N) is 3. The minimum absolute atomic E-state index is 0.0764. The van der Waals surface area contributed by atoms with Crippen molar-refractivity contribution in [3.8, 4) is 0 Å². The molecule has 0 unspecified atom stereocenters. The molecule has 0 atom stereocenters. The number of hydrogen-bond donors (Lipinski definition) is 0. The second kappa shape index (κ2) is 3.02. The third-order valence-electron chi connectivity index (χ3n) is 1.62. The lowest BCUT2D eigenvalue weighted by atomic mass is 10.5. The molecule has 0 aliphatic heterocycles. The van der Waals surface area contributed by atoms with E-state index in [2.05, 4.69) is 10.1 Å². The summed E-state index contributed by atoms with van der Waals surface area (Å²) in [5.41, 5.74) is 0.696. The van der Waals surface area contributed by atoms with Crippen molar-refractivity contribution in [2.45, 2.75) is 13.8 Å². The van der Waals surface area contributed by atoms with Gasteiger partial charge in [-0.05, 0) is 36.4 Å². The highest BCUT2D eigenvalue weighted by Gasteiger charge is 2.09. The van der Waals surface area contributed by atoms with E-state index in [-0.39, 0.29) is 5.56 Å². The van der Waals surface area contributed by atoms with Gasteiger partial charge < -0.3 is 0 Å². The molecule has 0 bridgehead atoms. The average molecular weight is 307 g/mol. The third-order valence-corrected chi connectivity index (χ3v) is 3.69. The Morgan fingerprint density at radius 1 is 1.46 bits per heavy atom. The maximum atomic E-state index is 11.6. The summed E-state index contributed by atoms with van der Waals surface area (Å²) in [7, 11) is 0. The molecule has 0 N–H and O–H groups in total. The summed E-state index contributed by atoms with van der Waals surface area (Å²) in [5, 5.41) is 4.92. The van der Waals surface area contributed by atoms with Gasteiger partial charge in [0.05, 0.1) is 5.69 Å². The van der Waals surface area contributed by atoms with Gasteiger partial charge in [0.25, 0.3) is 5.56 Å².